The van der Waals surface area contributed by atoms with Crippen LogP contribution in [0.25, 0.3) is 0 Å². The molecule has 1 heterocycles. The monoisotopic (exact) mass is 254 g/mol. The van der Waals surface area contributed by atoms with Crippen LogP contribution in [0.3, 0.4) is 0 Å². The van der Waals surface area contributed by atoms with Gasteiger partial charge in [-0.3, -0.25) is 14.5 Å². The summed E-state index contributed by atoms with van der Waals surface area (Å²) in [6.07, 6.45) is 4.01. The summed E-state index contributed by atoms with van der Waals surface area (Å²) in [4.78, 5) is 25.6. The molecule has 2 aliphatic rings. The molecule has 5 nitrogen and oxygen atoms in total. The number of likely N-dealkylation sites (tertiary alicyclic amines) is 1. The Bertz CT molecular complexity index is 328. The van der Waals surface area contributed by atoms with E-state index in [1.807, 2.05) is 6.92 Å². The van der Waals surface area contributed by atoms with Crippen LogP contribution in [0.5, 0.6) is 0 Å². The molecule has 18 heavy (non-hydrogen) atoms. The molecule has 1 aliphatic carbocycles. The van der Waals surface area contributed by atoms with Crippen LogP contribution in [0.15, 0.2) is 0 Å². The van der Waals surface area contributed by atoms with Gasteiger partial charge in [0, 0.05) is 12.6 Å². The molecule has 0 radical (unpaired) electrons. The Hall–Kier alpha value is -1.10. The quantitative estimate of drug-likeness (QED) is 0.744. The second kappa shape index (κ2) is 5.69. The summed E-state index contributed by atoms with van der Waals surface area (Å²) in [5, 5.41) is 3.01. The molecule has 1 saturated heterocycles. The number of hydrogen-bond acceptors (Lipinski definition) is 4. The van der Waals surface area contributed by atoms with Gasteiger partial charge in [0.15, 0.2) is 0 Å². The first-order valence-electron chi connectivity index (χ1n) is 6.74. The first kappa shape index (κ1) is 13.3. The smallest absolute Gasteiger partial charge is 0.309 e. The fraction of sp³-hybridized carbons (Fsp3) is 0.846. The number of methoxy groups -OCH3 is 1. The maximum absolute atomic E-state index is 12.0. The van der Waals surface area contributed by atoms with Crippen LogP contribution in [0.2, 0.25) is 0 Å². The van der Waals surface area contributed by atoms with Crippen LogP contribution in [0.1, 0.15) is 32.6 Å². The van der Waals surface area contributed by atoms with Gasteiger partial charge in [0.1, 0.15) is 0 Å². The molecule has 2 atom stereocenters. The molecule has 5 heteroatoms. The highest BCUT2D eigenvalue weighted by Crippen LogP contribution is 2.22. The number of nitrogens with zero attached hydrogens (tertiary/aromatic N) is 1. The van der Waals surface area contributed by atoms with Crippen molar-refractivity contribution in [2.75, 3.05) is 20.2 Å². The third-order valence-corrected chi connectivity index (χ3v) is 3.84. The van der Waals surface area contributed by atoms with E-state index in [2.05, 4.69) is 10.2 Å². The summed E-state index contributed by atoms with van der Waals surface area (Å²) in [5.74, 6) is -0.155. The SMILES string of the molecule is COC(=O)[C@H]1CCCN(C(C)C(=O)NC2CC2)C1. The standard InChI is InChI=1S/C13H22N2O3/c1-9(12(16)14-11-5-6-11)15-7-3-4-10(8-15)13(17)18-2/h9-11H,3-8H2,1-2H3,(H,14,16)/t9?,10-/m0/s1. The van der Waals surface area contributed by atoms with Crippen molar-refractivity contribution in [2.24, 2.45) is 5.92 Å². The van der Waals surface area contributed by atoms with E-state index in [1.54, 1.807) is 0 Å². The summed E-state index contributed by atoms with van der Waals surface area (Å²) < 4.78 is 4.79. The van der Waals surface area contributed by atoms with Gasteiger partial charge < -0.3 is 10.1 Å². The van der Waals surface area contributed by atoms with Crippen molar-refractivity contribution in [3.05, 3.63) is 0 Å². The van der Waals surface area contributed by atoms with Crippen LogP contribution in [-0.4, -0.2) is 49.1 Å². The van der Waals surface area contributed by atoms with Gasteiger partial charge in [-0.2, -0.15) is 0 Å². The van der Waals surface area contributed by atoms with Gasteiger partial charge in [0.25, 0.3) is 0 Å². The summed E-state index contributed by atoms with van der Waals surface area (Å²) in [6.45, 7) is 3.43. The molecular weight excluding hydrogens is 232 g/mol. The van der Waals surface area contributed by atoms with Crippen molar-refractivity contribution >= 4 is 11.9 Å². The average Bonchev–Trinajstić information content (AvgIpc) is 3.20. The zero-order valence-electron chi connectivity index (χ0n) is 11.1. The number of amides is 1. The molecule has 0 spiro atoms. The van der Waals surface area contributed by atoms with Crippen molar-refractivity contribution in [1.29, 1.82) is 0 Å². The minimum atomic E-state index is -0.158. The van der Waals surface area contributed by atoms with Crippen molar-refractivity contribution in [1.82, 2.24) is 10.2 Å². The lowest BCUT2D eigenvalue weighted by atomic mass is 9.97. The van der Waals surface area contributed by atoms with E-state index in [1.165, 1.54) is 7.11 Å². The van der Waals surface area contributed by atoms with E-state index < -0.39 is 0 Å². The molecule has 1 aliphatic heterocycles. The molecule has 0 aromatic heterocycles. The van der Waals surface area contributed by atoms with Crippen LogP contribution in [0.4, 0.5) is 0 Å². The van der Waals surface area contributed by atoms with Gasteiger partial charge in [-0.05, 0) is 39.2 Å². The normalized spacial score (nSPS) is 26.4. The third kappa shape index (κ3) is 3.22. The third-order valence-electron chi connectivity index (χ3n) is 3.84. The molecule has 1 unspecified atom stereocenters. The van der Waals surface area contributed by atoms with Crippen molar-refractivity contribution in [3.63, 3.8) is 0 Å². The minimum absolute atomic E-state index is 0.0834. The second-order valence-electron chi connectivity index (χ2n) is 5.32. The topological polar surface area (TPSA) is 58.6 Å². The molecule has 1 N–H and O–H groups in total. The molecular formula is C13H22N2O3. The molecule has 0 aromatic rings. The van der Waals surface area contributed by atoms with Crippen molar-refractivity contribution in [3.8, 4) is 0 Å². The highest BCUT2D eigenvalue weighted by atomic mass is 16.5. The zero-order valence-corrected chi connectivity index (χ0v) is 11.1. The van der Waals surface area contributed by atoms with E-state index >= 15 is 0 Å². The Morgan fingerprint density at radius 1 is 1.33 bits per heavy atom. The lowest BCUT2D eigenvalue weighted by Crippen LogP contribution is -2.50. The summed E-state index contributed by atoms with van der Waals surface area (Å²) in [5.41, 5.74) is 0. The van der Waals surface area contributed by atoms with Crippen molar-refractivity contribution < 1.29 is 14.3 Å². The van der Waals surface area contributed by atoms with E-state index in [0.717, 1.165) is 32.2 Å². The lowest BCUT2D eigenvalue weighted by Gasteiger charge is -2.34. The molecule has 1 saturated carbocycles. The number of hydrogen-bond donors (Lipinski definition) is 1. The summed E-state index contributed by atoms with van der Waals surface area (Å²) in [7, 11) is 1.42. The van der Waals surface area contributed by atoms with Gasteiger partial charge in [-0.25, -0.2) is 0 Å². The Morgan fingerprint density at radius 3 is 2.67 bits per heavy atom. The zero-order chi connectivity index (χ0) is 13.1. The number of carbonyl (C=O) groups excluding carboxylic acids is 2. The number of esters is 1. The van der Waals surface area contributed by atoms with Crippen LogP contribution < -0.4 is 5.32 Å². The van der Waals surface area contributed by atoms with Gasteiger partial charge >= 0.3 is 5.97 Å². The number of ether oxygens (including phenoxy) is 1. The summed E-state index contributed by atoms with van der Waals surface area (Å²) >= 11 is 0. The highest BCUT2D eigenvalue weighted by Gasteiger charge is 2.33. The fourth-order valence-electron chi connectivity index (χ4n) is 2.43. The Kier molecular flexibility index (Phi) is 4.22. The predicted molar refractivity (Wildman–Crippen MR) is 66.9 cm³/mol. The van der Waals surface area contributed by atoms with Crippen LogP contribution in [-0.2, 0) is 14.3 Å². The number of piperidine rings is 1. The maximum Gasteiger partial charge on any atom is 0.309 e. The number of carbonyl (C=O) groups is 2. The first-order valence-corrected chi connectivity index (χ1v) is 6.74. The largest absolute Gasteiger partial charge is 0.469 e. The molecule has 102 valence electrons. The summed E-state index contributed by atoms with van der Waals surface area (Å²) in [6, 6.07) is 0.235. The molecule has 0 aromatic carbocycles. The van der Waals surface area contributed by atoms with Crippen molar-refractivity contribution in [2.45, 2.75) is 44.7 Å². The minimum Gasteiger partial charge on any atom is -0.469 e. The van der Waals surface area contributed by atoms with Gasteiger partial charge in [-0.15, -0.1) is 0 Å². The predicted octanol–water partition coefficient (Wildman–Crippen LogP) is 0.539. The average molecular weight is 254 g/mol. The number of rotatable bonds is 4. The van der Waals surface area contributed by atoms with E-state index in [0.29, 0.717) is 12.6 Å². The highest BCUT2D eigenvalue weighted by molar-refractivity contribution is 5.82. The Morgan fingerprint density at radius 2 is 2.06 bits per heavy atom. The van der Waals surface area contributed by atoms with Crippen LogP contribution in [0, 0.1) is 5.92 Å². The lowest BCUT2D eigenvalue weighted by molar-refractivity contribution is -0.148. The van der Waals surface area contributed by atoms with Gasteiger partial charge in [0.2, 0.25) is 5.91 Å². The Labute approximate surface area is 108 Å². The van der Waals surface area contributed by atoms with Crippen LogP contribution >= 0.6 is 0 Å². The number of nitrogens with one attached hydrogen (secondary N) is 1. The molecule has 0 bridgehead atoms. The Balaban J connectivity index is 1.86. The molecule has 1 amide bonds. The second-order valence-corrected chi connectivity index (χ2v) is 5.32. The van der Waals surface area contributed by atoms with E-state index in [9.17, 15) is 9.59 Å². The maximum atomic E-state index is 12.0. The fourth-order valence-corrected chi connectivity index (χ4v) is 2.43. The van der Waals surface area contributed by atoms with E-state index in [4.69, 9.17) is 4.74 Å². The van der Waals surface area contributed by atoms with Gasteiger partial charge in [-0.1, -0.05) is 0 Å². The molecule has 2 fully saturated rings. The van der Waals surface area contributed by atoms with Gasteiger partial charge in [0.05, 0.1) is 19.1 Å². The molecule has 2 rings (SSSR count). The van der Waals surface area contributed by atoms with E-state index in [-0.39, 0.29) is 23.8 Å². The first-order chi connectivity index (χ1) is 8.61.